The molecule has 0 radical (unpaired) electrons. The van der Waals surface area contributed by atoms with Crippen molar-refractivity contribution in [3.63, 3.8) is 0 Å². The number of rotatable bonds is 6. The normalized spacial score (nSPS) is 22.2. The van der Waals surface area contributed by atoms with E-state index >= 15 is 0 Å². The van der Waals surface area contributed by atoms with Gasteiger partial charge in [0.1, 0.15) is 17.4 Å². The molecular weight excluding hydrogens is 342 g/mol. The molecule has 0 aliphatic carbocycles. The number of nitrogens with zero attached hydrogens (tertiary/aromatic N) is 1. The van der Waals surface area contributed by atoms with E-state index in [9.17, 15) is 14.7 Å². The number of ether oxygens (including phenoxy) is 4. The molecule has 0 spiro atoms. The molecule has 0 unspecified atom stereocenters. The summed E-state index contributed by atoms with van der Waals surface area (Å²) in [5, 5.41) is 10.5. The number of carbonyl (C=O) groups excluding carboxylic acids is 2. The molecule has 1 fully saturated rings. The summed E-state index contributed by atoms with van der Waals surface area (Å²) in [6, 6.07) is -0.707. The predicted molar refractivity (Wildman–Crippen MR) is 94.5 cm³/mol. The van der Waals surface area contributed by atoms with Gasteiger partial charge in [-0.3, -0.25) is 4.90 Å². The van der Waals surface area contributed by atoms with E-state index in [-0.39, 0.29) is 19.3 Å². The Morgan fingerprint density at radius 3 is 2.35 bits per heavy atom. The zero-order valence-electron chi connectivity index (χ0n) is 17.1. The molecule has 1 rings (SSSR count). The predicted octanol–water partition coefficient (Wildman–Crippen LogP) is 2.08. The topological polar surface area (TPSA) is 94.5 Å². The summed E-state index contributed by atoms with van der Waals surface area (Å²) in [5.41, 5.74) is -1.67. The van der Waals surface area contributed by atoms with Crippen LogP contribution in [0, 0.1) is 0 Å². The Morgan fingerprint density at radius 2 is 1.88 bits per heavy atom. The van der Waals surface area contributed by atoms with Gasteiger partial charge in [0, 0.05) is 0 Å². The molecule has 1 saturated heterocycles. The Morgan fingerprint density at radius 1 is 1.31 bits per heavy atom. The van der Waals surface area contributed by atoms with Crippen LogP contribution in [0.5, 0.6) is 0 Å². The molecule has 0 aromatic carbocycles. The second-order valence-corrected chi connectivity index (χ2v) is 8.02. The molecule has 8 nitrogen and oxygen atoms in total. The molecule has 1 aliphatic heterocycles. The Hall–Kier alpha value is -1.38. The van der Waals surface area contributed by atoms with Gasteiger partial charge in [0.15, 0.2) is 6.10 Å². The molecule has 1 N–H and O–H groups in total. The van der Waals surface area contributed by atoms with Crippen molar-refractivity contribution < 1.29 is 33.6 Å². The van der Waals surface area contributed by atoms with Gasteiger partial charge >= 0.3 is 12.1 Å². The zero-order chi connectivity index (χ0) is 20.3. The van der Waals surface area contributed by atoms with Gasteiger partial charge in [0.2, 0.25) is 0 Å². The van der Waals surface area contributed by atoms with Gasteiger partial charge in [-0.05, 0) is 55.4 Å². The minimum atomic E-state index is -1.55. The molecule has 0 aromatic heterocycles. The molecule has 8 heteroatoms. The first-order chi connectivity index (χ1) is 11.8. The van der Waals surface area contributed by atoms with E-state index in [0.29, 0.717) is 0 Å². The third kappa shape index (κ3) is 5.82. The van der Waals surface area contributed by atoms with E-state index in [1.165, 1.54) is 4.90 Å². The van der Waals surface area contributed by atoms with Crippen LogP contribution in [-0.4, -0.2) is 71.0 Å². The maximum atomic E-state index is 12.8. The van der Waals surface area contributed by atoms with Gasteiger partial charge in [-0.15, -0.1) is 0 Å². The number of esters is 1. The molecule has 1 aliphatic rings. The second kappa shape index (κ2) is 8.54. The van der Waals surface area contributed by atoms with Crippen molar-refractivity contribution in [1.29, 1.82) is 0 Å². The van der Waals surface area contributed by atoms with Gasteiger partial charge in [-0.2, -0.15) is 0 Å². The van der Waals surface area contributed by atoms with Crippen molar-refractivity contribution in [2.75, 3.05) is 13.2 Å². The van der Waals surface area contributed by atoms with Crippen molar-refractivity contribution >= 4 is 12.1 Å². The van der Waals surface area contributed by atoms with Crippen LogP contribution in [0.4, 0.5) is 4.79 Å². The van der Waals surface area contributed by atoms with Crippen LogP contribution in [0.25, 0.3) is 0 Å². The molecule has 0 saturated carbocycles. The molecule has 1 heterocycles. The lowest BCUT2D eigenvalue weighted by atomic mass is 10.0. The largest absolute Gasteiger partial charge is 0.464 e. The molecule has 0 bridgehead atoms. The van der Waals surface area contributed by atoms with Gasteiger partial charge in [0.25, 0.3) is 0 Å². The zero-order valence-corrected chi connectivity index (χ0v) is 17.1. The summed E-state index contributed by atoms with van der Waals surface area (Å²) in [4.78, 5) is 26.2. The summed E-state index contributed by atoms with van der Waals surface area (Å²) in [6.45, 7) is 14.2. The highest BCUT2D eigenvalue weighted by Crippen LogP contribution is 2.33. The van der Waals surface area contributed by atoms with Crippen LogP contribution in [0.3, 0.4) is 0 Å². The van der Waals surface area contributed by atoms with E-state index in [1.54, 1.807) is 55.4 Å². The number of carbonyl (C=O) groups is 2. The summed E-state index contributed by atoms with van der Waals surface area (Å²) < 4.78 is 21.9. The van der Waals surface area contributed by atoms with Gasteiger partial charge < -0.3 is 24.1 Å². The van der Waals surface area contributed by atoms with Crippen LogP contribution >= 0.6 is 0 Å². The maximum Gasteiger partial charge on any atom is 0.412 e. The average Bonchev–Trinajstić information content (AvgIpc) is 2.77. The Kier molecular flexibility index (Phi) is 7.44. The van der Waals surface area contributed by atoms with Gasteiger partial charge in [-0.25, -0.2) is 9.59 Å². The molecule has 1 amide bonds. The van der Waals surface area contributed by atoms with E-state index in [0.717, 1.165) is 0 Å². The van der Waals surface area contributed by atoms with Crippen LogP contribution in [-0.2, 0) is 23.7 Å². The monoisotopic (exact) mass is 375 g/mol. The highest BCUT2D eigenvalue weighted by Gasteiger charge is 2.52. The van der Waals surface area contributed by atoms with E-state index in [4.69, 9.17) is 18.9 Å². The lowest BCUT2D eigenvalue weighted by Crippen LogP contribution is -2.58. The number of aliphatic hydroxyl groups is 1. The third-order valence-electron chi connectivity index (χ3n) is 3.76. The molecule has 0 aromatic rings. The standard InChI is InChI=1S/C18H33NO7/c1-9-23-15(21)13(20)14(25-11(2)3)12-10-24-18(7,8)19(12)16(22)26-17(4,5)6/h11-14,20H,9-10H2,1-8H3/t12-,13+,14-/m0/s1. The SMILES string of the molecule is CCOC(=O)[C@H](O)[C@@H](OC(C)C)[C@@H]1COC(C)(C)N1C(=O)OC(C)(C)C. The Labute approximate surface area is 155 Å². The quantitative estimate of drug-likeness (QED) is 0.710. The number of aliphatic hydroxyl groups excluding tert-OH is 1. The molecule has 3 atom stereocenters. The van der Waals surface area contributed by atoms with E-state index in [2.05, 4.69) is 0 Å². The minimum absolute atomic E-state index is 0.0973. The van der Waals surface area contributed by atoms with E-state index < -0.39 is 41.6 Å². The van der Waals surface area contributed by atoms with Crippen LogP contribution in [0.1, 0.15) is 55.4 Å². The molecular formula is C18H33NO7. The van der Waals surface area contributed by atoms with Crippen LogP contribution in [0.2, 0.25) is 0 Å². The third-order valence-corrected chi connectivity index (χ3v) is 3.76. The number of hydrogen-bond acceptors (Lipinski definition) is 7. The van der Waals surface area contributed by atoms with Crippen molar-refractivity contribution in [2.45, 2.75) is 91.1 Å². The first-order valence-corrected chi connectivity index (χ1v) is 8.96. The number of amides is 1. The van der Waals surface area contributed by atoms with E-state index in [1.807, 2.05) is 0 Å². The van der Waals surface area contributed by atoms with Gasteiger partial charge in [0.05, 0.1) is 25.4 Å². The van der Waals surface area contributed by atoms with Crippen molar-refractivity contribution in [1.82, 2.24) is 4.90 Å². The van der Waals surface area contributed by atoms with Crippen LogP contribution < -0.4 is 0 Å². The average molecular weight is 375 g/mol. The highest BCUT2D eigenvalue weighted by molar-refractivity contribution is 5.76. The first kappa shape index (κ1) is 22.7. The molecule has 152 valence electrons. The molecule has 26 heavy (non-hydrogen) atoms. The number of hydrogen-bond donors (Lipinski definition) is 1. The summed E-state index contributed by atoms with van der Waals surface area (Å²) in [7, 11) is 0. The summed E-state index contributed by atoms with van der Waals surface area (Å²) >= 11 is 0. The van der Waals surface area contributed by atoms with Crippen molar-refractivity contribution in [3.8, 4) is 0 Å². The lowest BCUT2D eigenvalue weighted by Gasteiger charge is -2.38. The van der Waals surface area contributed by atoms with Crippen LogP contribution in [0.15, 0.2) is 0 Å². The summed E-state index contributed by atoms with van der Waals surface area (Å²) in [5.74, 6) is -0.799. The second-order valence-electron chi connectivity index (χ2n) is 8.02. The fourth-order valence-electron chi connectivity index (χ4n) is 2.79. The highest BCUT2D eigenvalue weighted by atomic mass is 16.6. The fraction of sp³-hybridized carbons (Fsp3) is 0.889. The summed E-state index contributed by atoms with van der Waals surface area (Å²) in [6.07, 6.45) is -3.44. The minimum Gasteiger partial charge on any atom is -0.464 e. The Bertz CT molecular complexity index is 498. The smallest absolute Gasteiger partial charge is 0.412 e. The van der Waals surface area contributed by atoms with Crippen molar-refractivity contribution in [2.24, 2.45) is 0 Å². The lowest BCUT2D eigenvalue weighted by molar-refractivity contribution is -0.169. The van der Waals surface area contributed by atoms with Crippen molar-refractivity contribution in [3.05, 3.63) is 0 Å². The fourth-order valence-corrected chi connectivity index (χ4v) is 2.79. The van der Waals surface area contributed by atoms with Gasteiger partial charge in [-0.1, -0.05) is 0 Å². The maximum absolute atomic E-state index is 12.8. The first-order valence-electron chi connectivity index (χ1n) is 8.96. The Balaban J connectivity index is 3.16.